The molecular formula is C15H24IN3O2S. The van der Waals surface area contributed by atoms with E-state index in [4.69, 9.17) is 15.2 Å². The van der Waals surface area contributed by atoms with Gasteiger partial charge in [0.2, 0.25) is 0 Å². The van der Waals surface area contributed by atoms with Crippen molar-refractivity contribution in [1.82, 2.24) is 4.90 Å². The fraction of sp³-hybridized carbons (Fsp3) is 0.533. The van der Waals surface area contributed by atoms with Gasteiger partial charge in [-0.2, -0.15) is 11.8 Å². The van der Waals surface area contributed by atoms with E-state index in [1.807, 2.05) is 36.0 Å². The number of hydrogen-bond donors (Lipinski definition) is 1. The lowest BCUT2D eigenvalue weighted by Gasteiger charge is -2.27. The second-order valence-electron chi connectivity index (χ2n) is 4.72. The summed E-state index contributed by atoms with van der Waals surface area (Å²) in [4.78, 5) is 6.57. The number of nitrogens with two attached hydrogens (primary N) is 1. The van der Waals surface area contributed by atoms with Gasteiger partial charge < -0.3 is 20.1 Å². The van der Waals surface area contributed by atoms with Crippen molar-refractivity contribution in [2.75, 3.05) is 44.9 Å². The van der Waals surface area contributed by atoms with E-state index < -0.39 is 0 Å². The third-order valence-electron chi connectivity index (χ3n) is 3.24. The highest BCUT2D eigenvalue weighted by Gasteiger charge is 2.11. The molecule has 5 nitrogen and oxygen atoms in total. The zero-order valence-corrected chi connectivity index (χ0v) is 16.0. The molecule has 0 bridgehead atoms. The number of rotatable bonds is 6. The average Bonchev–Trinajstić information content (AvgIpc) is 2.55. The van der Waals surface area contributed by atoms with Crippen molar-refractivity contribution in [1.29, 1.82) is 0 Å². The Morgan fingerprint density at radius 3 is 2.50 bits per heavy atom. The summed E-state index contributed by atoms with van der Waals surface area (Å²) in [6.45, 7) is 3.34. The topological polar surface area (TPSA) is 60.1 Å². The Balaban J connectivity index is 0.00000242. The number of guanidine groups is 1. The van der Waals surface area contributed by atoms with Gasteiger partial charge in [-0.05, 0) is 24.3 Å². The van der Waals surface area contributed by atoms with E-state index in [9.17, 15) is 0 Å². The van der Waals surface area contributed by atoms with Gasteiger partial charge in [0.25, 0.3) is 0 Å². The quantitative estimate of drug-likeness (QED) is 0.321. The first kappa shape index (κ1) is 19.2. The number of thioether (sulfide) groups is 1. The molecule has 0 amide bonds. The third kappa shape index (κ3) is 6.51. The largest absolute Gasteiger partial charge is 0.497 e. The van der Waals surface area contributed by atoms with E-state index in [1.165, 1.54) is 0 Å². The van der Waals surface area contributed by atoms with Crippen LogP contribution in [0.3, 0.4) is 0 Å². The summed E-state index contributed by atoms with van der Waals surface area (Å²) in [5.41, 5.74) is 5.99. The lowest BCUT2D eigenvalue weighted by Crippen LogP contribution is -2.42. The second-order valence-corrected chi connectivity index (χ2v) is 5.94. The van der Waals surface area contributed by atoms with E-state index in [0.29, 0.717) is 19.1 Å². The van der Waals surface area contributed by atoms with Gasteiger partial charge in [0, 0.05) is 37.6 Å². The maximum atomic E-state index is 5.99. The van der Waals surface area contributed by atoms with Gasteiger partial charge in [-0.3, -0.25) is 4.99 Å². The Morgan fingerprint density at radius 1 is 1.23 bits per heavy atom. The SMILES string of the molecule is COc1ccc(OCCCN=C(N)N2CCSCC2)cc1.I. The Morgan fingerprint density at radius 2 is 1.86 bits per heavy atom. The van der Waals surface area contributed by atoms with Gasteiger partial charge in [0.15, 0.2) is 5.96 Å². The molecule has 7 heteroatoms. The Kier molecular flexibility index (Phi) is 9.45. The van der Waals surface area contributed by atoms with Crippen molar-refractivity contribution in [3.05, 3.63) is 24.3 Å². The van der Waals surface area contributed by atoms with Crippen LogP contribution in [-0.4, -0.2) is 55.7 Å². The lowest BCUT2D eigenvalue weighted by molar-refractivity contribution is 0.312. The summed E-state index contributed by atoms with van der Waals surface area (Å²) in [6.07, 6.45) is 0.856. The van der Waals surface area contributed by atoms with Crippen molar-refractivity contribution < 1.29 is 9.47 Å². The molecule has 0 atom stereocenters. The van der Waals surface area contributed by atoms with E-state index in [-0.39, 0.29) is 24.0 Å². The standard InChI is InChI=1S/C15H23N3O2S.HI/c1-19-13-3-5-14(6-4-13)20-10-2-7-17-15(16)18-8-11-21-12-9-18;/h3-6H,2,7-12H2,1H3,(H2,16,17);1H. The number of methoxy groups -OCH3 is 1. The highest BCUT2D eigenvalue weighted by Crippen LogP contribution is 2.17. The van der Waals surface area contributed by atoms with Crippen molar-refractivity contribution in [3.63, 3.8) is 0 Å². The zero-order chi connectivity index (χ0) is 14.9. The normalized spacial score (nSPS) is 15.1. The first-order chi connectivity index (χ1) is 10.3. The van der Waals surface area contributed by atoms with Crippen LogP contribution in [0.25, 0.3) is 0 Å². The number of halogens is 1. The molecule has 1 aliphatic rings. The van der Waals surface area contributed by atoms with Crippen molar-refractivity contribution >= 4 is 41.7 Å². The molecule has 1 aromatic rings. The summed E-state index contributed by atoms with van der Waals surface area (Å²) < 4.78 is 10.8. The zero-order valence-electron chi connectivity index (χ0n) is 12.9. The molecule has 0 unspecified atom stereocenters. The summed E-state index contributed by atoms with van der Waals surface area (Å²) in [6, 6.07) is 7.59. The Labute approximate surface area is 153 Å². The van der Waals surface area contributed by atoms with Crippen molar-refractivity contribution in [2.24, 2.45) is 10.7 Å². The van der Waals surface area contributed by atoms with Crippen molar-refractivity contribution in [3.8, 4) is 11.5 Å². The number of nitrogens with zero attached hydrogens (tertiary/aromatic N) is 2. The summed E-state index contributed by atoms with van der Waals surface area (Å²) in [5, 5.41) is 0. The lowest BCUT2D eigenvalue weighted by atomic mass is 10.3. The molecule has 1 heterocycles. The number of benzene rings is 1. The minimum absolute atomic E-state index is 0. The predicted molar refractivity (Wildman–Crippen MR) is 104 cm³/mol. The third-order valence-corrected chi connectivity index (χ3v) is 4.18. The van der Waals surface area contributed by atoms with Gasteiger partial charge in [-0.1, -0.05) is 0 Å². The van der Waals surface area contributed by atoms with Crippen LogP contribution in [0.5, 0.6) is 11.5 Å². The van der Waals surface area contributed by atoms with E-state index in [0.717, 1.165) is 42.5 Å². The molecular weight excluding hydrogens is 413 g/mol. The van der Waals surface area contributed by atoms with Crippen LogP contribution in [0.4, 0.5) is 0 Å². The van der Waals surface area contributed by atoms with E-state index in [1.54, 1.807) is 7.11 Å². The van der Waals surface area contributed by atoms with Gasteiger partial charge in [-0.15, -0.1) is 24.0 Å². The highest BCUT2D eigenvalue weighted by molar-refractivity contribution is 14.0. The molecule has 1 fully saturated rings. The maximum Gasteiger partial charge on any atom is 0.191 e. The monoisotopic (exact) mass is 437 g/mol. The minimum atomic E-state index is 0. The van der Waals surface area contributed by atoms with Crippen LogP contribution in [0.2, 0.25) is 0 Å². The average molecular weight is 437 g/mol. The summed E-state index contributed by atoms with van der Waals surface area (Å²) in [5.74, 6) is 4.62. The van der Waals surface area contributed by atoms with Gasteiger partial charge >= 0.3 is 0 Å². The van der Waals surface area contributed by atoms with Crippen LogP contribution in [0.15, 0.2) is 29.3 Å². The Hall–Kier alpha value is -0.830. The molecule has 0 aliphatic carbocycles. The molecule has 2 N–H and O–H groups in total. The number of hydrogen-bond acceptors (Lipinski definition) is 4. The highest BCUT2D eigenvalue weighted by atomic mass is 127. The molecule has 124 valence electrons. The number of aliphatic imine (C=N–C) groups is 1. The smallest absolute Gasteiger partial charge is 0.191 e. The molecule has 0 spiro atoms. The molecule has 1 saturated heterocycles. The molecule has 0 radical (unpaired) electrons. The maximum absolute atomic E-state index is 5.99. The van der Waals surface area contributed by atoms with Crippen LogP contribution in [0.1, 0.15) is 6.42 Å². The molecule has 1 aromatic carbocycles. The van der Waals surface area contributed by atoms with Crippen LogP contribution in [0, 0.1) is 0 Å². The van der Waals surface area contributed by atoms with Gasteiger partial charge in [0.1, 0.15) is 11.5 Å². The Bertz CT molecular complexity index is 451. The fourth-order valence-electron chi connectivity index (χ4n) is 2.01. The van der Waals surface area contributed by atoms with E-state index in [2.05, 4.69) is 9.89 Å². The van der Waals surface area contributed by atoms with E-state index >= 15 is 0 Å². The first-order valence-corrected chi connectivity index (χ1v) is 8.34. The second kappa shape index (κ2) is 10.8. The van der Waals surface area contributed by atoms with Crippen LogP contribution >= 0.6 is 35.7 Å². The minimum Gasteiger partial charge on any atom is -0.497 e. The molecule has 1 aliphatic heterocycles. The van der Waals surface area contributed by atoms with Crippen LogP contribution < -0.4 is 15.2 Å². The molecule has 0 aromatic heterocycles. The molecule has 22 heavy (non-hydrogen) atoms. The number of ether oxygens (including phenoxy) is 2. The fourth-order valence-corrected chi connectivity index (χ4v) is 2.92. The van der Waals surface area contributed by atoms with Crippen molar-refractivity contribution in [2.45, 2.75) is 6.42 Å². The molecule has 2 rings (SSSR count). The first-order valence-electron chi connectivity index (χ1n) is 7.19. The summed E-state index contributed by atoms with van der Waals surface area (Å²) >= 11 is 1.97. The summed E-state index contributed by atoms with van der Waals surface area (Å²) in [7, 11) is 1.65. The molecule has 0 saturated carbocycles. The van der Waals surface area contributed by atoms with Crippen LogP contribution in [-0.2, 0) is 0 Å². The van der Waals surface area contributed by atoms with Gasteiger partial charge in [0.05, 0.1) is 13.7 Å². The predicted octanol–water partition coefficient (Wildman–Crippen LogP) is 2.45. The van der Waals surface area contributed by atoms with Gasteiger partial charge in [-0.25, -0.2) is 0 Å².